The molecule has 7 nitrogen and oxygen atoms in total. The van der Waals surface area contributed by atoms with E-state index in [1.54, 1.807) is 30.9 Å². The first-order valence-electron chi connectivity index (χ1n) is 12.1. The van der Waals surface area contributed by atoms with Crippen LogP contribution in [0, 0.1) is 12.8 Å². The molecule has 0 saturated carbocycles. The van der Waals surface area contributed by atoms with Gasteiger partial charge in [0.2, 0.25) is 5.91 Å². The lowest BCUT2D eigenvalue weighted by atomic mass is 9.98. The Morgan fingerprint density at radius 2 is 1.84 bits per heavy atom. The number of aromatic nitrogens is 5. The van der Waals surface area contributed by atoms with Gasteiger partial charge in [0.25, 0.3) is 0 Å². The molecule has 37 heavy (non-hydrogen) atoms. The van der Waals surface area contributed by atoms with Crippen molar-refractivity contribution < 1.29 is 4.79 Å². The number of anilines is 1. The monoisotopic (exact) mass is 488 g/mol. The molecule has 5 rings (SSSR count). The van der Waals surface area contributed by atoms with Crippen molar-refractivity contribution in [2.45, 2.75) is 20.8 Å². The van der Waals surface area contributed by atoms with Gasteiger partial charge in [-0.25, -0.2) is 0 Å². The molecule has 4 heterocycles. The Morgan fingerprint density at radius 3 is 2.59 bits per heavy atom. The average Bonchev–Trinajstić information content (AvgIpc) is 3.50. The summed E-state index contributed by atoms with van der Waals surface area (Å²) in [5, 5.41) is 11.7. The van der Waals surface area contributed by atoms with Crippen molar-refractivity contribution in [3.63, 3.8) is 0 Å². The lowest BCUT2D eigenvalue weighted by molar-refractivity contribution is -0.118. The fraction of sp³-hybridized carbons (Fsp3) is 0.133. The van der Waals surface area contributed by atoms with Crippen LogP contribution in [0.25, 0.3) is 39.0 Å². The van der Waals surface area contributed by atoms with Gasteiger partial charge in [-0.2, -0.15) is 5.10 Å². The molecule has 7 heteroatoms. The molecule has 4 aromatic heterocycles. The molecule has 0 bridgehead atoms. The SMILES string of the molecule is C=C/C=C(/c1ccncc1)c1cc(-c2n[nH]c3ccc(-c4cncc(NC(=O)C(C)C)c4)cc23)[nH]c1C. The van der Waals surface area contributed by atoms with Crippen LogP contribution in [-0.4, -0.2) is 31.1 Å². The van der Waals surface area contributed by atoms with E-state index in [0.29, 0.717) is 5.69 Å². The summed E-state index contributed by atoms with van der Waals surface area (Å²) in [6, 6.07) is 14.2. The van der Waals surface area contributed by atoms with Crippen molar-refractivity contribution in [1.82, 2.24) is 25.1 Å². The predicted molar refractivity (Wildman–Crippen MR) is 149 cm³/mol. The molecule has 184 valence electrons. The molecule has 5 aromatic rings. The molecule has 0 fully saturated rings. The van der Waals surface area contributed by atoms with E-state index >= 15 is 0 Å². The van der Waals surface area contributed by atoms with Gasteiger partial charge in [-0.05, 0) is 60.0 Å². The topological polar surface area (TPSA) is 99.3 Å². The van der Waals surface area contributed by atoms with Gasteiger partial charge in [0, 0.05) is 46.7 Å². The van der Waals surface area contributed by atoms with Gasteiger partial charge < -0.3 is 10.3 Å². The Labute approximate surface area is 215 Å². The number of carbonyl (C=O) groups excluding carboxylic acids is 1. The minimum Gasteiger partial charge on any atom is -0.357 e. The van der Waals surface area contributed by atoms with Crippen LogP contribution in [-0.2, 0) is 4.79 Å². The summed E-state index contributed by atoms with van der Waals surface area (Å²) in [6.45, 7) is 9.68. The molecule has 0 aliphatic rings. The molecule has 0 aliphatic heterocycles. The van der Waals surface area contributed by atoms with E-state index < -0.39 is 0 Å². The zero-order valence-corrected chi connectivity index (χ0v) is 21.0. The molecule has 0 unspecified atom stereocenters. The number of amides is 1. The van der Waals surface area contributed by atoms with Crippen molar-refractivity contribution in [3.05, 3.63) is 103 Å². The van der Waals surface area contributed by atoms with Crippen LogP contribution in [0.1, 0.15) is 30.7 Å². The van der Waals surface area contributed by atoms with Gasteiger partial charge in [0.1, 0.15) is 5.69 Å². The zero-order chi connectivity index (χ0) is 25.9. The lowest BCUT2D eigenvalue weighted by Gasteiger charge is -2.09. The molecule has 0 radical (unpaired) electrons. The number of hydrogen-bond acceptors (Lipinski definition) is 4. The van der Waals surface area contributed by atoms with Gasteiger partial charge in [-0.15, -0.1) is 0 Å². The van der Waals surface area contributed by atoms with Crippen LogP contribution in [0.2, 0.25) is 0 Å². The second-order valence-corrected chi connectivity index (χ2v) is 9.21. The maximum Gasteiger partial charge on any atom is 0.226 e. The number of aryl methyl sites for hydroxylation is 1. The highest BCUT2D eigenvalue weighted by molar-refractivity contribution is 5.97. The third kappa shape index (κ3) is 4.84. The summed E-state index contributed by atoms with van der Waals surface area (Å²) < 4.78 is 0. The maximum atomic E-state index is 12.1. The number of H-pyrrole nitrogens is 2. The molecule has 3 N–H and O–H groups in total. The fourth-order valence-electron chi connectivity index (χ4n) is 4.31. The molecule has 0 spiro atoms. The number of carbonyl (C=O) groups is 1. The Bertz CT molecular complexity index is 1620. The number of nitrogens with zero attached hydrogens (tertiary/aromatic N) is 3. The summed E-state index contributed by atoms with van der Waals surface area (Å²) >= 11 is 0. The molecular formula is C30H28N6O. The standard InChI is InChI=1S/C30H28N6O/c1-5-6-24(20-9-11-31-12-10-20)25-15-28(33-19(25)4)29-26-14-21(7-8-27(26)35-36-29)22-13-23(17-32-16-22)34-30(37)18(2)3/h5-18,33H,1H2,2-4H3,(H,34,37)(H,35,36)/b24-6-. The van der Waals surface area contributed by atoms with Crippen LogP contribution in [0.5, 0.6) is 0 Å². The molecule has 0 saturated heterocycles. The van der Waals surface area contributed by atoms with Crippen molar-refractivity contribution in [2.24, 2.45) is 5.92 Å². The van der Waals surface area contributed by atoms with E-state index in [0.717, 1.165) is 55.8 Å². The Kier molecular flexibility index (Phi) is 6.51. The fourth-order valence-corrected chi connectivity index (χ4v) is 4.31. The number of fused-ring (bicyclic) bond motifs is 1. The Balaban J connectivity index is 1.54. The Morgan fingerprint density at radius 1 is 1.03 bits per heavy atom. The minimum atomic E-state index is -0.108. The Hall–Kier alpha value is -4.78. The van der Waals surface area contributed by atoms with E-state index in [-0.39, 0.29) is 11.8 Å². The summed E-state index contributed by atoms with van der Waals surface area (Å²) in [6.07, 6.45) is 10.8. The second kappa shape index (κ2) is 10.1. The first-order chi connectivity index (χ1) is 17.9. The van der Waals surface area contributed by atoms with Gasteiger partial charge in [-0.1, -0.05) is 38.6 Å². The first-order valence-corrected chi connectivity index (χ1v) is 12.1. The van der Waals surface area contributed by atoms with Crippen molar-refractivity contribution >= 4 is 28.1 Å². The zero-order valence-electron chi connectivity index (χ0n) is 21.0. The highest BCUT2D eigenvalue weighted by Gasteiger charge is 2.17. The number of aromatic amines is 2. The largest absolute Gasteiger partial charge is 0.357 e. The summed E-state index contributed by atoms with van der Waals surface area (Å²) in [4.78, 5) is 24.1. The summed E-state index contributed by atoms with van der Waals surface area (Å²) in [5.41, 5.74) is 9.47. The highest BCUT2D eigenvalue weighted by Crippen LogP contribution is 2.34. The van der Waals surface area contributed by atoms with Crippen LogP contribution in [0.3, 0.4) is 0 Å². The van der Waals surface area contributed by atoms with E-state index in [1.165, 1.54) is 0 Å². The van der Waals surface area contributed by atoms with Crippen molar-refractivity contribution in [2.75, 3.05) is 5.32 Å². The molecule has 1 aromatic carbocycles. The number of rotatable bonds is 7. The van der Waals surface area contributed by atoms with Crippen LogP contribution >= 0.6 is 0 Å². The van der Waals surface area contributed by atoms with E-state index in [1.807, 2.05) is 50.3 Å². The van der Waals surface area contributed by atoms with E-state index in [9.17, 15) is 4.79 Å². The normalized spacial score (nSPS) is 11.7. The highest BCUT2D eigenvalue weighted by atomic mass is 16.1. The molecule has 0 aliphatic carbocycles. The quantitative estimate of drug-likeness (QED) is 0.227. The smallest absolute Gasteiger partial charge is 0.226 e. The second-order valence-electron chi connectivity index (χ2n) is 9.21. The lowest BCUT2D eigenvalue weighted by Crippen LogP contribution is -2.17. The number of benzene rings is 1. The predicted octanol–water partition coefficient (Wildman–Crippen LogP) is 6.54. The number of pyridine rings is 2. The third-order valence-corrected chi connectivity index (χ3v) is 6.26. The summed E-state index contributed by atoms with van der Waals surface area (Å²) in [5.74, 6) is -0.149. The van der Waals surface area contributed by atoms with Gasteiger partial charge in [-0.3, -0.25) is 19.9 Å². The number of nitrogens with one attached hydrogen (secondary N) is 3. The van der Waals surface area contributed by atoms with E-state index in [2.05, 4.69) is 56.1 Å². The van der Waals surface area contributed by atoms with Gasteiger partial charge in [0.15, 0.2) is 0 Å². The van der Waals surface area contributed by atoms with E-state index in [4.69, 9.17) is 0 Å². The molecule has 1 amide bonds. The molecular weight excluding hydrogens is 460 g/mol. The number of allylic oxidation sites excluding steroid dienone is 2. The number of hydrogen-bond donors (Lipinski definition) is 3. The van der Waals surface area contributed by atoms with Crippen LogP contribution in [0.15, 0.2) is 86.0 Å². The van der Waals surface area contributed by atoms with Crippen molar-refractivity contribution in [3.8, 4) is 22.5 Å². The van der Waals surface area contributed by atoms with Crippen molar-refractivity contribution in [1.29, 1.82) is 0 Å². The van der Waals surface area contributed by atoms with Crippen LogP contribution in [0.4, 0.5) is 5.69 Å². The minimum absolute atomic E-state index is 0.0407. The first kappa shape index (κ1) is 23.9. The van der Waals surface area contributed by atoms with Gasteiger partial charge >= 0.3 is 0 Å². The van der Waals surface area contributed by atoms with Crippen LogP contribution < -0.4 is 5.32 Å². The third-order valence-electron chi connectivity index (χ3n) is 6.26. The maximum absolute atomic E-state index is 12.1. The average molecular weight is 489 g/mol. The summed E-state index contributed by atoms with van der Waals surface area (Å²) in [7, 11) is 0. The van der Waals surface area contributed by atoms with Gasteiger partial charge in [0.05, 0.1) is 23.1 Å². The molecule has 0 atom stereocenters.